The highest BCUT2D eigenvalue weighted by Crippen LogP contribution is 2.13. The van der Waals surface area contributed by atoms with E-state index in [-0.39, 0.29) is 5.78 Å². The predicted molar refractivity (Wildman–Crippen MR) is 94.3 cm³/mol. The molecule has 0 unspecified atom stereocenters. The Bertz CT molecular complexity index is 748. The SMILES string of the molecule is Cc1ccc(C(=O)C=Cc2cnc(N3CCOCC3)nc2)cc1C. The summed E-state index contributed by atoms with van der Waals surface area (Å²) in [7, 11) is 0. The van der Waals surface area contributed by atoms with E-state index in [0.29, 0.717) is 24.7 Å². The molecule has 1 aliphatic rings. The van der Waals surface area contributed by atoms with Gasteiger partial charge in [-0.1, -0.05) is 12.1 Å². The van der Waals surface area contributed by atoms with Crippen molar-refractivity contribution in [2.75, 3.05) is 31.2 Å². The van der Waals surface area contributed by atoms with E-state index >= 15 is 0 Å². The molecule has 0 amide bonds. The summed E-state index contributed by atoms with van der Waals surface area (Å²) >= 11 is 0. The van der Waals surface area contributed by atoms with Crippen molar-refractivity contribution < 1.29 is 9.53 Å². The third-order valence-electron chi connectivity index (χ3n) is 4.17. The van der Waals surface area contributed by atoms with Gasteiger partial charge < -0.3 is 9.64 Å². The molecule has 5 heteroatoms. The van der Waals surface area contributed by atoms with Gasteiger partial charge >= 0.3 is 0 Å². The van der Waals surface area contributed by atoms with Gasteiger partial charge in [-0.25, -0.2) is 9.97 Å². The molecule has 24 heavy (non-hydrogen) atoms. The van der Waals surface area contributed by atoms with E-state index in [1.54, 1.807) is 24.5 Å². The van der Waals surface area contributed by atoms with Crippen molar-refractivity contribution in [2.45, 2.75) is 13.8 Å². The minimum atomic E-state index is -0.0182. The number of hydrogen-bond acceptors (Lipinski definition) is 5. The summed E-state index contributed by atoms with van der Waals surface area (Å²) in [6.07, 6.45) is 6.79. The van der Waals surface area contributed by atoms with Crippen LogP contribution >= 0.6 is 0 Å². The number of ether oxygens (including phenoxy) is 1. The van der Waals surface area contributed by atoms with Crippen molar-refractivity contribution in [3.63, 3.8) is 0 Å². The monoisotopic (exact) mass is 323 g/mol. The van der Waals surface area contributed by atoms with E-state index in [1.807, 2.05) is 32.0 Å². The van der Waals surface area contributed by atoms with Crippen LogP contribution in [0.3, 0.4) is 0 Å². The maximum Gasteiger partial charge on any atom is 0.225 e. The Kier molecular flexibility index (Phi) is 5.01. The molecule has 0 saturated carbocycles. The van der Waals surface area contributed by atoms with Crippen LogP contribution in [0.15, 0.2) is 36.7 Å². The fourth-order valence-corrected chi connectivity index (χ4v) is 2.51. The van der Waals surface area contributed by atoms with E-state index in [9.17, 15) is 4.79 Å². The molecular formula is C19H21N3O2. The Morgan fingerprint density at radius 3 is 2.50 bits per heavy atom. The van der Waals surface area contributed by atoms with Crippen LogP contribution < -0.4 is 4.90 Å². The zero-order chi connectivity index (χ0) is 16.9. The smallest absolute Gasteiger partial charge is 0.225 e. The molecule has 1 aromatic heterocycles. The second kappa shape index (κ2) is 7.36. The standard InChI is InChI=1S/C19H21N3O2/c1-14-3-5-17(11-15(14)2)18(23)6-4-16-12-20-19(21-13-16)22-7-9-24-10-8-22/h3-6,11-13H,7-10H2,1-2H3. The van der Waals surface area contributed by atoms with Gasteiger partial charge in [0.05, 0.1) is 13.2 Å². The number of carbonyl (C=O) groups is 1. The second-order valence-electron chi connectivity index (χ2n) is 5.91. The van der Waals surface area contributed by atoms with Gasteiger partial charge in [0, 0.05) is 36.6 Å². The predicted octanol–water partition coefficient (Wildman–Crippen LogP) is 2.83. The van der Waals surface area contributed by atoms with Crippen molar-refractivity contribution in [3.8, 4) is 0 Å². The lowest BCUT2D eigenvalue weighted by molar-refractivity contribution is 0.104. The lowest BCUT2D eigenvalue weighted by atomic mass is 10.0. The van der Waals surface area contributed by atoms with E-state index in [4.69, 9.17) is 4.74 Å². The number of anilines is 1. The quantitative estimate of drug-likeness (QED) is 0.640. The number of allylic oxidation sites excluding steroid dienone is 1. The lowest BCUT2D eigenvalue weighted by Gasteiger charge is -2.26. The number of aromatic nitrogens is 2. The molecule has 2 heterocycles. The molecule has 0 N–H and O–H groups in total. The lowest BCUT2D eigenvalue weighted by Crippen LogP contribution is -2.37. The van der Waals surface area contributed by atoms with Gasteiger partial charge in [0.15, 0.2) is 5.78 Å². The first-order valence-corrected chi connectivity index (χ1v) is 8.08. The maximum absolute atomic E-state index is 12.2. The van der Waals surface area contributed by atoms with Crippen molar-refractivity contribution in [1.82, 2.24) is 9.97 Å². The van der Waals surface area contributed by atoms with Gasteiger partial charge in [0.2, 0.25) is 5.95 Å². The number of morpholine rings is 1. The van der Waals surface area contributed by atoms with Gasteiger partial charge in [0.1, 0.15) is 0 Å². The number of aryl methyl sites for hydroxylation is 2. The zero-order valence-corrected chi connectivity index (χ0v) is 14.0. The summed E-state index contributed by atoms with van der Waals surface area (Å²) in [6, 6.07) is 5.74. The highest BCUT2D eigenvalue weighted by Gasteiger charge is 2.13. The molecule has 1 fully saturated rings. The first-order chi connectivity index (χ1) is 11.6. The zero-order valence-electron chi connectivity index (χ0n) is 14.0. The minimum Gasteiger partial charge on any atom is -0.378 e. The number of carbonyl (C=O) groups excluding carboxylic acids is 1. The molecule has 0 bridgehead atoms. The number of hydrogen-bond donors (Lipinski definition) is 0. The maximum atomic E-state index is 12.2. The van der Waals surface area contributed by atoms with Crippen LogP contribution in [0.25, 0.3) is 6.08 Å². The molecule has 0 aliphatic carbocycles. The fraction of sp³-hybridized carbons (Fsp3) is 0.316. The minimum absolute atomic E-state index is 0.0182. The van der Waals surface area contributed by atoms with E-state index in [2.05, 4.69) is 14.9 Å². The fourth-order valence-electron chi connectivity index (χ4n) is 2.51. The number of ketones is 1. The van der Waals surface area contributed by atoms with Crippen molar-refractivity contribution >= 4 is 17.8 Å². The Morgan fingerprint density at radius 2 is 1.83 bits per heavy atom. The Balaban J connectivity index is 1.67. The van der Waals surface area contributed by atoms with Crippen LogP contribution in [0.1, 0.15) is 27.0 Å². The molecule has 124 valence electrons. The van der Waals surface area contributed by atoms with Gasteiger partial charge in [-0.3, -0.25) is 4.79 Å². The molecule has 1 aromatic carbocycles. The molecule has 0 spiro atoms. The summed E-state index contributed by atoms with van der Waals surface area (Å²) in [6.45, 7) is 7.06. The molecule has 0 radical (unpaired) electrons. The molecule has 1 saturated heterocycles. The average Bonchev–Trinajstić information content (AvgIpc) is 2.63. The van der Waals surface area contributed by atoms with Crippen LogP contribution in [0.4, 0.5) is 5.95 Å². The Morgan fingerprint density at radius 1 is 1.12 bits per heavy atom. The van der Waals surface area contributed by atoms with Gasteiger partial charge in [-0.05, 0) is 43.2 Å². The van der Waals surface area contributed by atoms with Crippen molar-refractivity contribution in [3.05, 3.63) is 58.9 Å². The number of nitrogens with zero attached hydrogens (tertiary/aromatic N) is 3. The highest BCUT2D eigenvalue weighted by atomic mass is 16.5. The summed E-state index contributed by atoms with van der Waals surface area (Å²) in [5.74, 6) is 0.686. The summed E-state index contributed by atoms with van der Waals surface area (Å²) in [5, 5.41) is 0. The molecule has 2 aromatic rings. The van der Waals surface area contributed by atoms with E-state index in [0.717, 1.165) is 24.2 Å². The van der Waals surface area contributed by atoms with E-state index in [1.165, 1.54) is 5.56 Å². The van der Waals surface area contributed by atoms with Crippen molar-refractivity contribution in [2.24, 2.45) is 0 Å². The summed E-state index contributed by atoms with van der Waals surface area (Å²) in [5.41, 5.74) is 3.81. The second-order valence-corrected chi connectivity index (χ2v) is 5.91. The van der Waals surface area contributed by atoms with Crippen LogP contribution in [0, 0.1) is 13.8 Å². The number of benzene rings is 1. The van der Waals surface area contributed by atoms with Crippen LogP contribution in [-0.2, 0) is 4.74 Å². The van der Waals surface area contributed by atoms with Gasteiger partial charge in [0.25, 0.3) is 0 Å². The normalized spacial score (nSPS) is 15.0. The van der Waals surface area contributed by atoms with Gasteiger partial charge in [-0.2, -0.15) is 0 Å². The Labute approximate surface area is 142 Å². The highest BCUT2D eigenvalue weighted by molar-refractivity contribution is 6.06. The van der Waals surface area contributed by atoms with E-state index < -0.39 is 0 Å². The van der Waals surface area contributed by atoms with Crippen LogP contribution in [0.2, 0.25) is 0 Å². The summed E-state index contributed by atoms with van der Waals surface area (Å²) in [4.78, 5) is 23.1. The molecule has 1 aliphatic heterocycles. The first kappa shape index (κ1) is 16.3. The van der Waals surface area contributed by atoms with Crippen LogP contribution in [0.5, 0.6) is 0 Å². The van der Waals surface area contributed by atoms with Gasteiger partial charge in [-0.15, -0.1) is 0 Å². The first-order valence-electron chi connectivity index (χ1n) is 8.08. The average molecular weight is 323 g/mol. The summed E-state index contributed by atoms with van der Waals surface area (Å²) < 4.78 is 5.32. The topological polar surface area (TPSA) is 55.3 Å². The largest absolute Gasteiger partial charge is 0.378 e. The van der Waals surface area contributed by atoms with Crippen molar-refractivity contribution in [1.29, 1.82) is 0 Å². The molecular weight excluding hydrogens is 302 g/mol. The Hall–Kier alpha value is -2.53. The molecule has 0 atom stereocenters. The molecule has 3 rings (SSSR count). The molecule has 5 nitrogen and oxygen atoms in total. The number of rotatable bonds is 4. The van der Waals surface area contributed by atoms with Crippen LogP contribution in [-0.4, -0.2) is 42.1 Å². The third kappa shape index (κ3) is 3.86. The third-order valence-corrected chi connectivity index (χ3v) is 4.17.